The van der Waals surface area contributed by atoms with Crippen LogP contribution in [0.2, 0.25) is 5.02 Å². The Bertz CT molecular complexity index is 1100. The van der Waals surface area contributed by atoms with Gasteiger partial charge in [0, 0.05) is 27.7 Å². The monoisotopic (exact) mass is 441 g/mol. The van der Waals surface area contributed by atoms with Crippen molar-refractivity contribution >= 4 is 40.2 Å². The van der Waals surface area contributed by atoms with E-state index in [4.69, 9.17) is 26.1 Å². The van der Waals surface area contributed by atoms with Crippen LogP contribution >= 0.6 is 11.6 Å². The largest absolute Gasteiger partial charge is 0.493 e. The Labute approximate surface area is 185 Å². The minimum atomic E-state index is -0.763. The second-order valence-corrected chi connectivity index (χ2v) is 7.19. The van der Waals surface area contributed by atoms with Crippen molar-refractivity contribution < 1.29 is 19.1 Å². The molecule has 162 valence electrons. The molecule has 0 radical (unpaired) electrons. The molecule has 0 fully saturated rings. The zero-order valence-corrected chi connectivity index (χ0v) is 18.3. The molecule has 0 aliphatic carbocycles. The SMILES string of the molecule is CCOC(=O)C(C)NC(=O)Nc1ccc2nc(-c3cccc(Cl)c3)cc(OCC)c2c1. The minimum Gasteiger partial charge on any atom is -0.493 e. The lowest BCUT2D eigenvalue weighted by atomic mass is 10.1. The van der Waals surface area contributed by atoms with Crippen LogP contribution in [0.1, 0.15) is 20.8 Å². The summed E-state index contributed by atoms with van der Waals surface area (Å²) in [6.07, 6.45) is 0. The van der Waals surface area contributed by atoms with Crippen molar-refractivity contribution in [3.05, 3.63) is 53.6 Å². The maximum Gasteiger partial charge on any atom is 0.328 e. The van der Waals surface area contributed by atoms with Crippen molar-refractivity contribution in [2.24, 2.45) is 0 Å². The molecule has 3 aromatic rings. The summed E-state index contributed by atoms with van der Waals surface area (Å²) in [6.45, 7) is 5.90. The molecule has 2 aromatic carbocycles. The summed E-state index contributed by atoms with van der Waals surface area (Å²) in [7, 11) is 0. The smallest absolute Gasteiger partial charge is 0.328 e. The van der Waals surface area contributed by atoms with Gasteiger partial charge in [0.2, 0.25) is 0 Å². The number of esters is 1. The zero-order chi connectivity index (χ0) is 22.4. The second kappa shape index (κ2) is 10.1. The van der Waals surface area contributed by atoms with Crippen molar-refractivity contribution in [3.63, 3.8) is 0 Å². The van der Waals surface area contributed by atoms with E-state index < -0.39 is 18.0 Å². The topological polar surface area (TPSA) is 89.5 Å². The number of nitrogens with one attached hydrogen (secondary N) is 2. The molecule has 1 aromatic heterocycles. The molecular weight excluding hydrogens is 418 g/mol. The van der Waals surface area contributed by atoms with Gasteiger partial charge in [0.05, 0.1) is 24.4 Å². The number of fused-ring (bicyclic) bond motifs is 1. The van der Waals surface area contributed by atoms with Crippen molar-refractivity contribution in [1.29, 1.82) is 0 Å². The molecule has 2 amide bonds. The standard InChI is InChI=1S/C23H24ClN3O4/c1-4-30-21-13-20(15-7-6-8-16(24)11-15)27-19-10-9-17(12-18(19)21)26-23(29)25-14(3)22(28)31-5-2/h6-14H,4-5H2,1-3H3,(H2,25,26,29). The van der Waals surface area contributed by atoms with Crippen LogP contribution in [-0.4, -0.2) is 36.2 Å². The molecule has 2 N–H and O–H groups in total. The fraction of sp³-hybridized carbons (Fsp3) is 0.261. The fourth-order valence-electron chi connectivity index (χ4n) is 3.03. The molecule has 0 aliphatic heterocycles. The molecule has 3 rings (SSSR count). The van der Waals surface area contributed by atoms with Crippen LogP contribution in [0.5, 0.6) is 5.75 Å². The first-order chi connectivity index (χ1) is 14.9. The summed E-state index contributed by atoms with van der Waals surface area (Å²) in [5.41, 5.74) is 2.87. The van der Waals surface area contributed by atoms with Gasteiger partial charge in [-0.05, 0) is 51.1 Å². The zero-order valence-electron chi connectivity index (χ0n) is 17.6. The number of carbonyl (C=O) groups excluding carboxylic acids is 2. The lowest BCUT2D eigenvalue weighted by Gasteiger charge is -2.15. The normalized spacial score (nSPS) is 11.6. The van der Waals surface area contributed by atoms with Gasteiger partial charge >= 0.3 is 12.0 Å². The number of nitrogens with zero attached hydrogens (tertiary/aromatic N) is 1. The quantitative estimate of drug-likeness (QED) is 0.502. The highest BCUT2D eigenvalue weighted by Crippen LogP contribution is 2.32. The molecule has 7 nitrogen and oxygen atoms in total. The molecule has 1 unspecified atom stereocenters. The third-order valence-electron chi connectivity index (χ3n) is 4.44. The summed E-state index contributed by atoms with van der Waals surface area (Å²) in [5.74, 6) is 0.152. The van der Waals surface area contributed by atoms with E-state index in [1.165, 1.54) is 0 Å². The van der Waals surface area contributed by atoms with Crippen LogP contribution in [0.4, 0.5) is 10.5 Å². The van der Waals surface area contributed by atoms with E-state index in [-0.39, 0.29) is 6.61 Å². The number of pyridine rings is 1. The van der Waals surface area contributed by atoms with E-state index >= 15 is 0 Å². The Morgan fingerprint density at radius 1 is 1.10 bits per heavy atom. The number of rotatable bonds is 7. The fourth-order valence-corrected chi connectivity index (χ4v) is 3.22. The van der Waals surface area contributed by atoms with Gasteiger partial charge in [0.1, 0.15) is 11.8 Å². The number of aromatic nitrogens is 1. The predicted molar refractivity (Wildman–Crippen MR) is 122 cm³/mol. The van der Waals surface area contributed by atoms with E-state index in [0.717, 1.165) is 16.6 Å². The Balaban J connectivity index is 1.87. The average molecular weight is 442 g/mol. The lowest BCUT2D eigenvalue weighted by molar-refractivity contribution is -0.144. The predicted octanol–water partition coefficient (Wildman–Crippen LogP) is 5.03. The van der Waals surface area contributed by atoms with Gasteiger partial charge in [0.15, 0.2) is 0 Å². The van der Waals surface area contributed by atoms with Crippen molar-refractivity contribution in [2.45, 2.75) is 26.8 Å². The highest BCUT2D eigenvalue weighted by molar-refractivity contribution is 6.30. The van der Waals surface area contributed by atoms with Gasteiger partial charge in [-0.2, -0.15) is 0 Å². The van der Waals surface area contributed by atoms with Gasteiger partial charge in [-0.15, -0.1) is 0 Å². The number of ether oxygens (including phenoxy) is 2. The average Bonchev–Trinajstić information content (AvgIpc) is 2.74. The number of hydrogen-bond acceptors (Lipinski definition) is 5. The first kappa shape index (κ1) is 22.4. The third-order valence-corrected chi connectivity index (χ3v) is 4.67. The molecule has 1 atom stereocenters. The van der Waals surface area contributed by atoms with Crippen LogP contribution in [-0.2, 0) is 9.53 Å². The van der Waals surface area contributed by atoms with Gasteiger partial charge in [-0.25, -0.2) is 14.6 Å². The molecule has 0 saturated heterocycles. The van der Waals surface area contributed by atoms with Gasteiger partial charge in [-0.1, -0.05) is 23.7 Å². The maximum atomic E-state index is 12.3. The molecule has 0 bridgehead atoms. The molecule has 1 heterocycles. The van der Waals surface area contributed by atoms with Crippen LogP contribution < -0.4 is 15.4 Å². The van der Waals surface area contributed by atoms with Crippen LogP contribution in [0, 0.1) is 0 Å². The lowest BCUT2D eigenvalue weighted by Crippen LogP contribution is -2.41. The maximum absolute atomic E-state index is 12.3. The highest BCUT2D eigenvalue weighted by atomic mass is 35.5. The number of hydrogen-bond donors (Lipinski definition) is 2. The Morgan fingerprint density at radius 2 is 1.90 bits per heavy atom. The van der Waals surface area contributed by atoms with Crippen molar-refractivity contribution in [2.75, 3.05) is 18.5 Å². The Morgan fingerprint density at radius 3 is 2.61 bits per heavy atom. The van der Waals surface area contributed by atoms with E-state index in [1.807, 2.05) is 31.2 Å². The molecule has 0 saturated carbocycles. The Kier molecular flexibility index (Phi) is 7.31. The first-order valence-electron chi connectivity index (χ1n) is 9.99. The summed E-state index contributed by atoms with van der Waals surface area (Å²) < 4.78 is 10.7. The molecule has 0 spiro atoms. The Hall–Kier alpha value is -3.32. The van der Waals surface area contributed by atoms with E-state index in [0.29, 0.717) is 28.6 Å². The molecule has 8 heteroatoms. The minimum absolute atomic E-state index is 0.252. The summed E-state index contributed by atoms with van der Waals surface area (Å²) in [6, 6.07) is 13.3. The third kappa shape index (κ3) is 5.64. The summed E-state index contributed by atoms with van der Waals surface area (Å²) in [5, 5.41) is 6.66. The second-order valence-electron chi connectivity index (χ2n) is 6.75. The summed E-state index contributed by atoms with van der Waals surface area (Å²) in [4.78, 5) is 28.7. The summed E-state index contributed by atoms with van der Waals surface area (Å²) >= 11 is 6.12. The van der Waals surface area contributed by atoms with E-state index in [9.17, 15) is 9.59 Å². The highest BCUT2D eigenvalue weighted by Gasteiger charge is 2.17. The van der Waals surface area contributed by atoms with E-state index in [2.05, 4.69) is 10.6 Å². The van der Waals surface area contributed by atoms with Gasteiger partial charge in [0.25, 0.3) is 0 Å². The van der Waals surface area contributed by atoms with Crippen LogP contribution in [0.3, 0.4) is 0 Å². The van der Waals surface area contributed by atoms with E-state index in [1.54, 1.807) is 38.1 Å². The molecule has 0 aliphatic rings. The number of urea groups is 1. The number of amides is 2. The van der Waals surface area contributed by atoms with Gasteiger partial charge in [-0.3, -0.25) is 0 Å². The number of benzene rings is 2. The van der Waals surface area contributed by atoms with Gasteiger partial charge < -0.3 is 20.1 Å². The number of carbonyl (C=O) groups is 2. The number of anilines is 1. The molecule has 31 heavy (non-hydrogen) atoms. The van der Waals surface area contributed by atoms with Crippen LogP contribution in [0.15, 0.2) is 48.5 Å². The van der Waals surface area contributed by atoms with Crippen LogP contribution in [0.25, 0.3) is 22.2 Å². The molecular formula is C23H24ClN3O4. The van der Waals surface area contributed by atoms with Crippen molar-refractivity contribution in [3.8, 4) is 17.0 Å². The first-order valence-corrected chi connectivity index (χ1v) is 10.4. The van der Waals surface area contributed by atoms with Crippen molar-refractivity contribution in [1.82, 2.24) is 10.3 Å². The number of halogens is 1.